The molecule has 0 unspecified atom stereocenters. The summed E-state index contributed by atoms with van der Waals surface area (Å²) in [5, 5.41) is 2.79. The van der Waals surface area contributed by atoms with Crippen LogP contribution >= 0.6 is 11.3 Å². The molecule has 0 spiro atoms. The van der Waals surface area contributed by atoms with Gasteiger partial charge in [-0.2, -0.15) is 0 Å². The Bertz CT molecular complexity index is 1180. The first-order valence-electron chi connectivity index (χ1n) is 8.19. The summed E-state index contributed by atoms with van der Waals surface area (Å²) in [5.41, 5.74) is 2.14. The zero-order valence-corrected chi connectivity index (χ0v) is 16.7. The molecule has 0 saturated heterocycles. The molecule has 0 aliphatic rings. The fourth-order valence-electron chi connectivity index (χ4n) is 2.68. The molecule has 1 aromatic heterocycles. The van der Waals surface area contributed by atoms with Crippen LogP contribution in [0.1, 0.15) is 17.3 Å². The van der Waals surface area contributed by atoms with Crippen molar-refractivity contribution in [3.63, 3.8) is 0 Å². The second-order valence-corrected chi connectivity index (χ2v) is 9.04. The molecule has 0 radical (unpaired) electrons. The van der Waals surface area contributed by atoms with Gasteiger partial charge in [-0.25, -0.2) is 8.42 Å². The van der Waals surface area contributed by atoms with Crippen molar-refractivity contribution in [2.45, 2.75) is 13.5 Å². The standard InChI is InChI=1S/C18H19N3O4S2/c1-4-21-15-9-8-13(11-16(15)26-18(21)23)19-17(22)12-6-5-7-14(10-12)20(2)27(3,24)25/h5-11H,4H2,1-3H3,(H,19,22). The summed E-state index contributed by atoms with van der Waals surface area (Å²) in [7, 11) is -1.98. The molecule has 9 heteroatoms. The van der Waals surface area contributed by atoms with Crippen LogP contribution in [-0.4, -0.2) is 32.2 Å². The van der Waals surface area contributed by atoms with Crippen molar-refractivity contribution in [2.75, 3.05) is 22.9 Å². The number of hydrogen-bond acceptors (Lipinski definition) is 5. The van der Waals surface area contributed by atoms with E-state index in [0.717, 1.165) is 32.1 Å². The van der Waals surface area contributed by atoms with E-state index in [-0.39, 0.29) is 10.8 Å². The molecule has 0 bridgehead atoms. The maximum atomic E-state index is 12.6. The van der Waals surface area contributed by atoms with Crippen LogP contribution in [0.25, 0.3) is 10.2 Å². The van der Waals surface area contributed by atoms with Crippen LogP contribution in [0, 0.1) is 0 Å². The number of rotatable bonds is 5. The predicted molar refractivity (Wildman–Crippen MR) is 109 cm³/mol. The van der Waals surface area contributed by atoms with E-state index in [1.807, 2.05) is 6.92 Å². The molecule has 7 nitrogen and oxygen atoms in total. The van der Waals surface area contributed by atoms with Crippen LogP contribution in [0.5, 0.6) is 0 Å². The fraction of sp³-hybridized carbons (Fsp3) is 0.222. The predicted octanol–water partition coefficient (Wildman–Crippen LogP) is 2.73. The van der Waals surface area contributed by atoms with Gasteiger partial charge in [0.15, 0.2) is 0 Å². The van der Waals surface area contributed by atoms with Gasteiger partial charge in [-0.3, -0.25) is 18.5 Å². The highest BCUT2D eigenvalue weighted by molar-refractivity contribution is 7.92. The number of carbonyl (C=O) groups is 1. The smallest absolute Gasteiger partial charge is 0.308 e. The fourth-order valence-corrected chi connectivity index (χ4v) is 4.17. The van der Waals surface area contributed by atoms with Crippen molar-refractivity contribution in [2.24, 2.45) is 0 Å². The molecule has 2 aromatic carbocycles. The minimum absolute atomic E-state index is 0.0347. The third-order valence-corrected chi connectivity index (χ3v) is 6.36. The van der Waals surface area contributed by atoms with Crippen LogP contribution in [0.2, 0.25) is 0 Å². The van der Waals surface area contributed by atoms with Crippen LogP contribution in [0.4, 0.5) is 11.4 Å². The summed E-state index contributed by atoms with van der Waals surface area (Å²) in [6, 6.07) is 11.7. The summed E-state index contributed by atoms with van der Waals surface area (Å²) < 4.78 is 26.9. The van der Waals surface area contributed by atoms with Crippen molar-refractivity contribution in [3.8, 4) is 0 Å². The van der Waals surface area contributed by atoms with Crippen LogP contribution in [-0.2, 0) is 16.6 Å². The van der Waals surface area contributed by atoms with Gasteiger partial charge in [0.1, 0.15) is 0 Å². The first-order valence-corrected chi connectivity index (χ1v) is 10.9. The molecule has 0 saturated carbocycles. The molecule has 3 rings (SSSR count). The first kappa shape index (κ1) is 19.1. The summed E-state index contributed by atoms with van der Waals surface area (Å²) >= 11 is 1.13. The van der Waals surface area contributed by atoms with Crippen LogP contribution in [0.15, 0.2) is 47.3 Å². The molecule has 1 N–H and O–H groups in total. The van der Waals surface area contributed by atoms with Crippen molar-refractivity contribution < 1.29 is 13.2 Å². The molecule has 3 aromatic rings. The lowest BCUT2D eigenvalue weighted by Crippen LogP contribution is -2.25. The number of aromatic nitrogens is 1. The van der Waals surface area contributed by atoms with Gasteiger partial charge in [-0.05, 0) is 43.3 Å². The number of hydrogen-bond donors (Lipinski definition) is 1. The molecular formula is C18H19N3O4S2. The van der Waals surface area contributed by atoms with Gasteiger partial charge in [0.2, 0.25) is 10.0 Å². The van der Waals surface area contributed by atoms with Gasteiger partial charge >= 0.3 is 4.87 Å². The Morgan fingerprint density at radius 1 is 1.22 bits per heavy atom. The third-order valence-electron chi connectivity index (χ3n) is 4.21. The number of thiazole rings is 1. The Labute approximate surface area is 160 Å². The largest absolute Gasteiger partial charge is 0.322 e. The number of benzene rings is 2. The Kier molecular flexibility index (Phi) is 5.07. The van der Waals surface area contributed by atoms with Crippen molar-refractivity contribution in [1.82, 2.24) is 4.57 Å². The Balaban J connectivity index is 1.87. The van der Waals surface area contributed by atoms with Gasteiger partial charge in [0.05, 0.1) is 22.2 Å². The van der Waals surface area contributed by atoms with Crippen LogP contribution in [0.3, 0.4) is 0 Å². The molecule has 0 fully saturated rings. The molecule has 0 aliphatic heterocycles. The number of fused-ring (bicyclic) bond motifs is 1. The maximum Gasteiger partial charge on any atom is 0.308 e. The average molecular weight is 406 g/mol. The molecule has 0 aliphatic carbocycles. The molecule has 0 atom stereocenters. The van der Waals surface area contributed by atoms with E-state index in [9.17, 15) is 18.0 Å². The van der Waals surface area contributed by atoms with E-state index in [0.29, 0.717) is 23.5 Å². The Hall–Kier alpha value is -2.65. The summed E-state index contributed by atoms with van der Waals surface area (Å²) in [5.74, 6) is -0.361. The average Bonchev–Trinajstić information content (AvgIpc) is 2.94. The van der Waals surface area contributed by atoms with Crippen molar-refractivity contribution in [3.05, 3.63) is 57.7 Å². The highest BCUT2D eigenvalue weighted by Gasteiger charge is 2.15. The maximum absolute atomic E-state index is 12.6. The van der Waals surface area contributed by atoms with Gasteiger partial charge < -0.3 is 5.32 Å². The van der Waals surface area contributed by atoms with E-state index in [2.05, 4.69) is 5.32 Å². The number of sulfonamides is 1. The topological polar surface area (TPSA) is 88.5 Å². The molecule has 1 amide bonds. The summed E-state index contributed by atoms with van der Waals surface area (Å²) in [4.78, 5) is 24.5. The monoisotopic (exact) mass is 405 g/mol. The third kappa shape index (κ3) is 3.88. The van der Waals surface area contributed by atoms with Gasteiger partial charge in [0, 0.05) is 24.8 Å². The van der Waals surface area contributed by atoms with Crippen LogP contribution < -0.4 is 14.5 Å². The quantitative estimate of drug-likeness (QED) is 0.707. The lowest BCUT2D eigenvalue weighted by molar-refractivity contribution is 0.102. The van der Waals surface area contributed by atoms with E-state index >= 15 is 0 Å². The lowest BCUT2D eigenvalue weighted by atomic mass is 10.2. The summed E-state index contributed by atoms with van der Waals surface area (Å²) in [6.45, 7) is 2.49. The molecular weight excluding hydrogens is 386 g/mol. The second-order valence-electron chi connectivity index (χ2n) is 6.03. The van der Waals surface area contributed by atoms with E-state index in [1.165, 1.54) is 13.1 Å². The van der Waals surface area contributed by atoms with Gasteiger partial charge in [0.25, 0.3) is 5.91 Å². The number of nitrogens with one attached hydrogen (secondary N) is 1. The van der Waals surface area contributed by atoms with Gasteiger partial charge in [-0.15, -0.1) is 0 Å². The summed E-state index contributed by atoms with van der Waals surface area (Å²) in [6.07, 6.45) is 1.10. The normalized spacial score (nSPS) is 11.5. The first-order chi connectivity index (χ1) is 12.7. The highest BCUT2D eigenvalue weighted by Crippen LogP contribution is 2.23. The minimum atomic E-state index is -3.41. The molecule has 27 heavy (non-hydrogen) atoms. The molecule has 142 valence electrons. The van der Waals surface area contributed by atoms with E-state index in [4.69, 9.17) is 0 Å². The van der Waals surface area contributed by atoms with Crippen molar-refractivity contribution in [1.29, 1.82) is 0 Å². The number of carbonyl (C=O) groups excluding carboxylic acids is 1. The molecule has 1 heterocycles. The Morgan fingerprint density at radius 3 is 2.63 bits per heavy atom. The zero-order chi connectivity index (χ0) is 19.8. The highest BCUT2D eigenvalue weighted by atomic mass is 32.2. The van der Waals surface area contributed by atoms with Gasteiger partial charge in [-0.1, -0.05) is 17.4 Å². The van der Waals surface area contributed by atoms with E-state index < -0.39 is 10.0 Å². The second kappa shape index (κ2) is 7.16. The zero-order valence-electron chi connectivity index (χ0n) is 15.1. The number of anilines is 2. The van der Waals surface area contributed by atoms with E-state index in [1.54, 1.807) is 41.0 Å². The SMILES string of the molecule is CCn1c(=O)sc2cc(NC(=O)c3cccc(N(C)S(C)(=O)=O)c3)ccc21. The number of aryl methyl sites for hydroxylation is 1. The lowest BCUT2D eigenvalue weighted by Gasteiger charge is -2.17. The Morgan fingerprint density at radius 2 is 1.96 bits per heavy atom. The van der Waals surface area contributed by atoms with Crippen molar-refractivity contribution >= 4 is 48.9 Å². The minimum Gasteiger partial charge on any atom is -0.322 e. The number of nitrogens with zero attached hydrogens (tertiary/aromatic N) is 2. The number of amides is 1.